The summed E-state index contributed by atoms with van der Waals surface area (Å²) in [6, 6.07) is 14.8. The van der Waals surface area contributed by atoms with Gasteiger partial charge in [0.05, 0.1) is 5.56 Å². The molecule has 21 heavy (non-hydrogen) atoms. The summed E-state index contributed by atoms with van der Waals surface area (Å²) in [6.45, 7) is 8.95. The van der Waals surface area contributed by atoms with Crippen molar-refractivity contribution in [2.24, 2.45) is 0 Å². The minimum atomic E-state index is 0.269. The molecule has 1 aromatic heterocycles. The molecular formula is C18H21N3. The maximum Gasteiger partial charge on any atom is 0.147 e. The lowest BCUT2D eigenvalue weighted by atomic mass is 10.1. The first-order valence-corrected chi connectivity index (χ1v) is 7.22. The third-order valence-electron chi connectivity index (χ3n) is 3.53. The van der Waals surface area contributed by atoms with Crippen LogP contribution in [0.3, 0.4) is 0 Å². The number of rotatable bonds is 4. The second-order valence-electron chi connectivity index (χ2n) is 5.60. The predicted octanol–water partition coefficient (Wildman–Crippen LogP) is 3.99. The Hall–Kier alpha value is -2.34. The molecule has 0 atom stereocenters. The van der Waals surface area contributed by atoms with Gasteiger partial charge in [-0.05, 0) is 44.9 Å². The van der Waals surface area contributed by atoms with Crippen LogP contribution in [0, 0.1) is 25.2 Å². The van der Waals surface area contributed by atoms with Crippen LogP contribution < -0.4 is 4.90 Å². The fraction of sp³-hybridized carbons (Fsp3) is 0.333. The lowest BCUT2D eigenvalue weighted by molar-refractivity contribution is 0.670. The van der Waals surface area contributed by atoms with E-state index < -0.39 is 0 Å². The van der Waals surface area contributed by atoms with Crippen molar-refractivity contribution in [2.45, 2.75) is 40.3 Å². The number of hydrogen-bond donors (Lipinski definition) is 0. The van der Waals surface area contributed by atoms with Gasteiger partial charge in [-0.3, -0.25) is 0 Å². The molecule has 108 valence electrons. The average molecular weight is 279 g/mol. The summed E-state index contributed by atoms with van der Waals surface area (Å²) in [5.41, 5.74) is 3.82. The monoisotopic (exact) mass is 279 g/mol. The van der Waals surface area contributed by atoms with E-state index in [2.05, 4.69) is 41.9 Å². The van der Waals surface area contributed by atoms with Crippen molar-refractivity contribution in [1.29, 1.82) is 5.26 Å². The van der Waals surface area contributed by atoms with Gasteiger partial charge >= 0.3 is 0 Å². The Bertz CT molecular complexity index is 654. The number of anilines is 1. The van der Waals surface area contributed by atoms with Crippen LogP contribution in [0.5, 0.6) is 0 Å². The van der Waals surface area contributed by atoms with Gasteiger partial charge in [0, 0.05) is 18.3 Å². The average Bonchev–Trinajstić information content (AvgIpc) is 2.45. The topological polar surface area (TPSA) is 39.9 Å². The highest BCUT2D eigenvalue weighted by molar-refractivity contribution is 5.58. The molecule has 1 heterocycles. The smallest absolute Gasteiger partial charge is 0.147 e. The van der Waals surface area contributed by atoms with Crippen molar-refractivity contribution in [3.05, 3.63) is 58.8 Å². The van der Waals surface area contributed by atoms with Gasteiger partial charge in [-0.1, -0.05) is 30.3 Å². The van der Waals surface area contributed by atoms with Gasteiger partial charge in [0.1, 0.15) is 11.9 Å². The molecule has 0 N–H and O–H groups in total. The summed E-state index contributed by atoms with van der Waals surface area (Å²) in [5.74, 6) is 0.786. The summed E-state index contributed by atoms with van der Waals surface area (Å²) in [4.78, 5) is 6.81. The van der Waals surface area contributed by atoms with E-state index in [4.69, 9.17) is 0 Å². The summed E-state index contributed by atoms with van der Waals surface area (Å²) >= 11 is 0. The van der Waals surface area contributed by atoms with E-state index in [1.165, 1.54) is 5.56 Å². The molecule has 3 nitrogen and oxygen atoms in total. The summed E-state index contributed by atoms with van der Waals surface area (Å²) in [6.07, 6.45) is 0. The summed E-state index contributed by atoms with van der Waals surface area (Å²) in [7, 11) is 0. The van der Waals surface area contributed by atoms with Gasteiger partial charge in [0.2, 0.25) is 0 Å². The number of benzene rings is 1. The number of nitriles is 1. The van der Waals surface area contributed by atoms with Crippen LogP contribution in [-0.2, 0) is 6.54 Å². The van der Waals surface area contributed by atoms with Crippen molar-refractivity contribution >= 4 is 5.82 Å². The SMILES string of the molecule is Cc1cc(C)c(C#N)c(N(Cc2ccccc2)C(C)C)n1. The Morgan fingerprint density at radius 3 is 2.43 bits per heavy atom. The van der Waals surface area contributed by atoms with E-state index in [9.17, 15) is 5.26 Å². The number of hydrogen-bond acceptors (Lipinski definition) is 3. The van der Waals surface area contributed by atoms with Gasteiger partial charge in [-0.2, -0.15) is 5.26 Å². The van der Waals surface area contributed by atoms with Gasteiger partial charge in [0.25, 0.3) is 0 Å². The molecule has 0 bridgehead atoms. The van der Waals surface area contributed by atoms with Gasteiger partial charge in [-0.15, -0.1) is 0 Å². The van der Waals surface area contributed by atoms with E-state index >= 15 is 0 Å². The molecule has 0 spiro atoms. The number of pyridine rings is 1. The maximum atomic E-state index is 9.47. The number of aromatic nitrogens is 1. The first kappa shape index (κ1) is 15.1. The van der Waals surface area contributed by atoms with Crippen LogP contribution in [-0.4, -0.2) is 11.0 Å². The molecule has 0 saturated heterocycles. The first-order chi connectivity index (χ1) is 10.0. The molecule has 0 radical (unpaired) electrons. The van der Waals surface area contributed by atoms with E-state index in [1.54, 1.807) is 0 Å². The molecule has 2 aromatic rings. The minimum Gasteiger partial charge on any atom is -0.349 e. The first-order valence-electron chi connectivity index (χ1n) is 7.22. The largest absolute Gasteiger partial charge is 0.349 e. The molecule has 0 unspecified atom stereocenters. The van der Waals surface area contributed by atoms with Crippen molar-refractivity contribution < 1.29 is 0 Å². The molecule has 1 aromatic carbocycles. The third-order valence-corrected chi connectivity index (χ3v) is 3.53. The van der Waals surface area contributed by atoms with Crippen molar-refractivity contribution in [1.82, 2.24) is 4.98 Å². The van der Waals surface area contributed by atoms with Crippen LogP contribution in [0.15, 0.2) is 36.4 Å². The molecule has 0 aliphatic heterocycles. The quantitative estimate of drug-likeness (QED) is 0.849. The molecule has 3 heteroatoms. The molecule has 2 rings (SSSR count). The predicted molar refractivity (Wildman–Crippen MR) is 86.2 cm³/mol. The Morgan fingerprint density at radius 2 is 1.86 bits per heavy atom. The zero-order valence-corrected chi connectivity index (χ0v) is 13.1. The second-order valence-corrected chi connectivity index (χ2v) is 5.60. The third kappa shape index (κ3) is 3.41. The highest BCUT2D eigenvalue weighted by Gasteiger charge is 2.18. The van der Waals surface area contributed by atoms with E-state index in [0.717, 1.165) is 23.6 Å². The second kappa shape index (κ2) is 6.41. The van der Waals surface area contributed by atoms with E-state index in [1.807, 2.05) is 38.1 Å². The van der Waals surface area contributed by atoms with Crippen LogP contribution in [0.4, 0.5) is 5.82 Å². The fourth-order valence-corrected chi connectivity index (χ4v) is 2.45. The normalized spacial score (nSPS) is 10.5. The van der Waals surface area contributed by atoms with Gasteiger partial charge in [-0.25, -0.2) is 4.98 Å². The van der Waals surface area contributed by atoms with Gasteiger partial charge in [0.15, 0.2) is 0 Å². The zero-order valence-electron chi connectivity index (χ0n) is 13.1. The van der Waals surface area contributed by atoms with Crippen molar-refractivity contribution in [2.75, 3.05) is 4.90 Å². The Balaban J connectivity index is 2.46. The highest BCUT2D eigenvalue weighted by atomic mass is 15.2. The molecular weight excluding hydrogens is 258 g/mol. The van der Waals surface area contributed by atoms with E-state index in [-0.39, 0.29) is 6.04 Å². The maximum absolute atomic E-state index is 9.47. The molecule has 0 amide bonds. The molecule has 0 saturated carbocycles. The van der Waals surface area contributed by atoms with Crippen molar-refractivity contribution in [3.63, 3.8) is 0 Å². The number of nitrogens with zero attached hydrogens (tertiary/aromatic N) is 3. The van der Waals surface area contributed by atoms with Crippen LogP contribution >= 0.6 is 0 Å². The fourth-order valence-electron chi connectivity index (χ4n) is 2.45. The zero-order chi connectivity index (χ0) is 15.4. The molecule has 0 aliphatic rings. The minimum absolute atomic E-state index is 0.269. The van der Waals surface area contributed by atoms with Gasteiger partial charge < -0.3 is 4.90 Å². The Morgan fingerprint density at radius 1 is 1.19 bits per heavy atom. The standard InChI is InChI=1S/C18H21N3/c1-13(2)21(12-16-8-6-5-7-9-16)18-17(11-19)14(3)10-15(4)20-18/h5-10,13H,12H2,1-4H3. The lowest BCUT2D eigenvalue weighted by Crippen LogP contribution is -2.32. The Kier molecular flexibility index (Phi) is 4.59. The highest BCUT2D eigenvalue weighted by Crippen LogP contribution is 2.25. The summed E-state index contributed by atoms with van der Waals surface area (Å²) in [5, 5.41) is 9.47. The molecule has 0 fully saturated rings. The van der Waals surface area contributed by atoms with Crippen LogP contribution in [0.1, 0.15) is 36.2 Å². The van der Waals surface area contributed by atoms with Crippen LogP contribution in [0.25, 0.3) is 0 Å². The van der Waals surface area contributed by atoms with Crippen molar-refractivity contribution in [3.8, 4) is 6.07 Å². The summed E-state index contributed by atoms with van der Waals surface area (Å²) < 4.78 is 0. The van der Waals surface area contributed by atoms with E-state index in [0.29, 0.717) is 5.56 Å². The number of aryl methyl sites for hydroxylation is 2. The van der Waals surface area contributed by atoms with Crippen LogP contribution in [0.2, 0.25) is 0 Å². The Labute approximate surface area is 126 Å². The lowest BCUT2D eigenvalue weighted by Gasteiger charge is -2.29. The molecule has 0 aliphatic carbocycles.